The van der Waals surface area contributed by atoms with Crippen molar-refractivity contribution >= 4 is 6.09 Å². The van der Waals surface area contributed by atoms with Gasteiger partial charge in [0.05, 0.1) is 0 Å². The van der Waals surface area contributed by atoms with E-state index >= 15 is 0 Å². The van der Waals surface area contributed by atoms with Crippen molar-refractivity contribution in [1.82, 2.24) is 9.80 Å². The largest absolute Gasteiger partial charge is 0.445 e. The van der Waals surface area contributed by atoms with Crippen LogP contribution in [0.5, 0.6) is 0 Å². The molecule has 1 rings (SSSR count). The molecule has 0 aliphatic carbocycles. The third-order valence-corrected chi connectivity index (χ3v) is 5.49. The lowest BCUT2D eigenvalue weighted by Crippen LogP contribution is -2.42. The molecule has 30 heavy (non-hydrogen) atoms. The fraction of sp³-hybridized carbons (Fsp3) is 0.720. The first kappa shape index (κ1) is 26.4. The third-order valence-electron chi connectivity index (χ3n) is 5.49. The molecule has 0 fully saturated rings. The molecule has 1 unspecified atom stereocenters. The maximum Gasteiger partial charge on any atom is 0.410 e. The van der Waals surface area contributed by atoms with Crippen molar-refractivity contribution in [2.45, 2.75) is 83.8 Å². The number of nitrogens with zero attached hydrogens (tertiary/aromatic N) is 2. The quantitative estimate of drug-likeness (QED) is 0.340. The zero-order chi connectivity index (χ0) is 22.0. The number of aliphatic hydroxyl groups excluding tert-OH is 1. The van der Waals surface area contributed by atoms with E-state index in [0.29, 0.717) is 13.0 Å². The van der Waals surface area contributed by atoms with E-state index in [1.54, 1.807) is 0 Å². The molecule has 0 heterocycles. The highest BCUT2D eigenvalue weighted by atomic mass is 16.6. The maximum atomic E-state index is 12.9. The van der Waals surface area contributed by atoms with Gasteiger partial charge < -0.3 is 19.6 Å². The topological polar surface area (TPSA) is 53.0 Å². The van der Waals surface area contributed by atoms with Crippen molar-refractivity contribution in [3.05, 3.63) is 35.9 Å². The van der Waals surface area contributed by atoms with Crippen molar-refractivity contribution in [2.24, 2.45) is 0 Å². The smallest absolute Gasteiger partial charge is 0.410 e. The van der Waals surface area contributed by atoms with Gasteiger partial charge in [-0.2, -0.15) is 0 Å². The van der Waals surface area contributed by atoms with Crippen molar-refractivity contribution in [3.8, 4) is 0 Å². The summed E-state index contributed by atoms with van der Waals surface area (Å²) < 4.78 is 5.64. The average Bonchev–Trinajstić information content (AvgIpc) is 2.74. The van der Waals surface area contributed by atoms with Crippen LogP contribution >= 0.6 is 0 Å². The van der Waals surface area contributed by atoms with Crippen LogP contribution in [-0.4, -0.2) is 60.8 Å². The summed E-state index contributed by atoms with van der Waals surface area (Å²) in [6.07, 6.45) is 10.9. The van der Waals surface area contributed by atoms with Crippen LogP contribution in [0.3, 0.4) is 0 Å². The lowest BCUT2D eigenvalue weighted by molar-refractivity contribution is 0.0699. The number of rotatable bonds is 17. The number of hydrogen-bond acceptors (Lipinski definition) is 4. The van der Waals surface area contributed by atoms with Gasteiger partial charge in [0.15, 0.2) is 0 Å². The molecule has 0 bridgehead atoms. The number of benzene rings is 1. The summed E-state index contributed by atoms with van der Waals surface area (Å²) >= 11 is 0. The number of unbranched alkanes of at least 4 members (excludes halogenated alkanes) is 6. The molecular weight excluding hydrogens is 376 g/mol. The molecule has 172 valence electrons. The Morgan fingerprint density at radius 3 is 2.23 bits per heavy atom. The lowest BCUT2D eigenvalue weighted by atomic mass is 10.0. The Balaban J connectivity index is 2.60. The van der Waals surface area contributed by atoms with E-state index in [1.807, 2.05) is 49.3 Å². The SMILES string of the molecule is CCCCCCCCCC(CCO)N(CCCN(C)C)C(=O)OCc1ccccc1. The van der Waals surface area contributed by atoms with E-state index in [9.17, 15) is 9.90 Å². The zero-order valence-corrected chi connectivity index (χ0v) is 19.5. The highest BCUT2D eigenvalue weighted by Crippen LogP contribution is 2.18. The fourth-order valence-corrected chi connectivity index (χ4v) is 3.72. The summed E-state index contributed by atoms with van der Waals surface area (Å²) in [5.74, 6) is 0. The Bertz CT molecular complexity index is 536. The van der Waals surface area contributed by atoms with Crippen LogP contribution in [0.25, 0.3) is 0 Å². The van der Waals surface area contributed by atoms with Gasteiger partial charge in [-0.1, -0.05) is 82.2 Å². The molecule has 1 amide bonds. The van der Waals surface area contributed by atoms with Crippen LogP contribution in [-0.2, 0) is 11.3 Å². The first-order valence-electron chi connectivity index (χ1n) is 11.8. The standard InChI is InChI=1S/C25H44N2O3/c1-4-5-6-7-8-9-13-17-24(18-21-28)27(20-14-19-26(2)3)25(29)30-22-23-15-11-10-12-16-23/h10-12,15-16,24,28H,4-9,13-14,17-22H2,1-3H3. The first-order valence-corrected chi connectivity index (χ1v) is 11.8. The van der Waals surface area contributed by atoms with Gasteiger partial charge in [0.1, 0.15) is 6.61 Å². The lowest BCUT2D eigenvalue weighted by Gasteiger charge is -2.31. The van der Waals surface area contributed by atoms with Crippen LogP contribution in [0.1, 0.15) is 76.7 Å². The van der Waals surface area contributed by atoms with E-state index < -0.39 is 0 Å². The fourth-order valence-electron chi connectivity index (χ4n) is 3.72. The van der Waals surface area contributed by atoms with Crippen molar-refractivity contribution in [1.29, 1.82) is 0 Å². The number of aliphatic hydroxyl groups is 1. The second-order valence-corrected chi connectivity index (χ2v) is 8.47. The van der Waals surface area contributed by atoms with Crippen LogP contribution in [0.4, 0.5) is 4.79 Å². The van der Waals surface area contributed by atoms with E-state index in [0.717, 1.165) is 31.4 Å². The Morgan fingerprint density at radius 1 is 0.933 bits per heavy atom. The molecule has 0 saturated heterocycles. The zero-order valence-electron chi connectivity index (χ0n) is 19.5. The van der Waals surface area contributed by atoms with E-state index in [4.69, 9.17) is 4.74 Å². The summed E-state index contributed by atoms with van der Waals surface area (Å²) in [4.78, 5) is 16.9. The minimum absolute atomic E-state index is 0.0380. The molecule has 0 saturated carbocycles. The molecular formula is C25H44N2O3. The second kappa shape index (κ2) is 17.1. The minimum atomic E-state index is -0.265. The number of amides is 1. The molecule has 0 aliphatic heterocycles. The molecule has 0 radical (unpaired) electrons. The molecule has 1 N–H and O–H groups in total. The highest BCUT2D eigenvalue weighted by Gasteiger charge is 2.24. The van der Waals surface area contributed by atoms with E-state index in [1.165, 1.54) is 38.5 Å². The molecule has 0 spiro atoms. The predicted octanol–water partition coefficient (Wildman–Crippen LogP) is 5.47. The minimum Gasteiger partial charge on any atom is -0.445 e. The average molecular weight is 421 g/mol. The van der Waals surface area contributed by atoms with Gasteiger partial charge in [0, 0.05) is 19.2 Å². The maximum absolute atomic E-state index is 12.9. The van der Waals surface area contributed by atoms with Gasteiger partial charge in [-0.15, -0.1) is 0 Å². The van der Waals surface area contributed by atoms with Crippen molar-refractivity contribution in [3.63, 3.8) is 0 Å². The Labute approximate surface area is 184 Å². The Kier molecular flexibility index (Phi) is 15.1. The van der Waals surface area contributed by atoms with Crippen LogP contribution in [0.15, 0.2) is 30.3 Å². The molecule has 1 aromatic carbocycles. The Morgan fingerprint density at radius 2 is 1.60 bits per heavy atom. The number of carbonyl (C=O) groups excluding carboxylic acids is 1. The van der Waals surface area contributed by atoms with E-state index in [2.05, 4.69) is 11.8 Å². The second-order valence-electron chi connectivity index (χ2n) is 8.47. The molecule has 1 atom stereocenters. The predicted molar refractivity (Wildman–Crippen MR) is 125 cm³/mol. The van der Waals surface area contributed by atoms with Gasteiger partial charge >= 0.3 is 6.09 Å². The summed E-state index contributed by atoms with van der Waals surface area (Å²) in [6, 6.07) is 9.83. The summed E-state index contributed by atoms with van der Waals surface area (Å²) in [7, 11) is 4.09. The third kappa shape index (κ3) is 12.2. The Hall–Kier alpha value is -1.59. The van der Waals surface area contributed by atoms with Gasteiger partial charge in [-0.05, 0) is 45.5 Å². The number of ether oxygens (including phenoxy) is 1. The summed E-state index contributed by atoms with van der Waals surface area (Å²) in [6.45, 7) is 4.20. The van der Waals surface area contributed by atoms with Gasteiger partial charge in [-0.3, -0.25) is 0 Å². The highest BCUT2D eigenvalue weighted by molar-refractivity contribution is 5.68. The molecule has 0 aromatic heterocycles. The molecule has 0 aliphatic rings. The molecule has 1 aromatic rings. The van der Waals surface area contributed by atoms with Crippen molar-refractivity contribution < 1.29 is 14.6 Å². The summed E-state index contributed by atoms with van der Waals surface area (Å²) in [5.41, 5.74) is 0.991. The first-order chi connectivity index (χ1) is 14.6. The van der Waals surface area contributed by atoms with Gasteiger partial charge in [0.25, 0.3) is 0 Å². The normalized spacial score (nSPS) is 12.2. The molecule has 5 heteroatoms. The van der Waals surface area contributed by atoms with Crippen molar-refractivity contribution in [2.75, 3.05) is 33.8 Å². The molecule has 5 nitrogen and oxygen atoms in total. The van der Waals surface area contributed by atoms with Gasteiger partial charge in [0.2, 0.25) is 0 Å². The van der Waals surface area contributed by atoms with Crippen LogP contribution < -0.4 is 0 Å². The van der Waals surface area contributed by atoms with Crippen LogP contribution in [0.2, 0.25) is 0 Å². The summed E-state index contributed by atoms with van der Waals surface area (Å²) in [5, 5.41) is 9.60. The monoisotopic (exact) mass is 420 g/mol. The number of carbonyl (C=O) groups is 1. The van der Waals surface area contributed by atoms with E-state index in [-0.39, 0.29) is 25.3 Å². The van der Waals surface area contributed by atoms with Gasteiger partial charge in [-0.25, -0.2) is 4.79 Å². The van der Waals surface area contributed by atoms with Crippen LogP contribution in [0, 0.1) is 0 Å². The number of hydrogen-bond donors (Lipinski definition) is 1.